The first-order valence-corrected chi connectivity index (χ1v) is 8.80. The van der Waals surface area contributed by atoms with Gasteiger partial charge in [-0.05, 0) is 35.2 Å². The molecule has 1 saturated heterocycles. The highest BCUT2D eigenvalue weighted by Gasteiger charge is 2.38. The normalized spacial score (nSPS) is 22.7. The van der Waals surface area contributed by atoms with Gasteiger partial charge >= 0.3 is 0 Å². The van der Waals surface area contributed by atoms with Crippen molar-refractivity contribution in [2.75, 3.05) is 6.54 Å². The minimum Gasteiger partial charge on any atom is -0.322 e. The average Bonchev–Trinajstić information content (AvgIpc) is 3.07. The fraction of sp³-hybridized carbons (Fsp3) is 0.688. The topological polar surface area (TPSA) is 32.3 Å². The van der Waals surface area contributed by atoms with Gasteiger partial charge in [0.2, 0.25) is 5.91 Å². The second-order valence-corrected chi connectivity index (χ2v) is 6.34. The molecule has 20 heavy (non-hydrogen) atoms. The van der Waals surface area contributed by atoms with Crippen molar-refractivity contribution in [3.63, 3.8) is 0 Å². The van der Waals surface area contributed by atoms with Crippen molar-refractivity contribution >= 4 is 17.2 Å². The van der Waals surface area contributed by atoms with E-state index < -0.39 is 0 Å². The number of hydrogen-bond acceptors (Lipinski definition) is 3. The summed E-state index contributed by atoms with van der Waals surface area (Å²) >= 11 is 1.70. The molecule has 1 fully saturated rings. The Hall–Kier alpha value is -0.870. The Kier molecular flexibility index (Phi) is 6.05. The van der Waals surface area contributed by atoms with Crippen LogP contribution in [0.5, 0.6) is 0 Å². The Labute approximate surface area is 126 Å². The first-order valence-electron chi connectivity index (χ1n) is 7.86. The van der Waals surface area contributed by atoms with E-state index in [0.717, 1.165) is 32.2 Å². The van der Waals surface area contributed by atoms with Crippen LogP contribution in [0.25, 0.3) is 0 Å². The molecule has 3 nitrogen and oxygen atoms in total. The second-order valence-electron chi connectivity index (χ2n) is 5.56. The molecular weight excluding hydrogens is 268 g/mol. The van der Waals surface area contributed by atoms with Gasteiger partial charge in [0.05, 0.1) is 6.04 Å². The van der Waals surface area contributed by atoms with Gasteiger partial charge in [0.1, 0.15) is 6.17 Å². The van der Waals surface area contributed by atoms with Gasteiger partial charge in [0.15, 0.2) is 0 Å². The van der Waals surface area contributed by atoms with Crippen LogP contribution in [0, 0.1) is 0 Å². The highest BCUT2D eigenvalue weighted by atomic mass is 32.1. The van der Waals surface area contributed by atoms with Crippen LogP contribution in [0.3, 0.4) is 0 Å². The summed E-state index contributed by atoms with van der Waals surface area (Å²) in [5, 5.41) is 7.78. The molecule has 0 aliphatic carbocycles. The molecule has 2 rings (SSSR count). The van der Waals surface area contributed by atoms with E-state index in [0.29, 0.717) is 5.91 Å². The van der Waals surface area contributed by atoms with E-state index in [-0.39, 0.29) is 12.2 Å². The average molecular weight is 294 g/mol. The number of carbonyl (C=O) groups excluding carboxylic acids is 1. The molecule has 112 valence electrons. The molecule has 1 aromatic heterocycles. The molecule has 1 amide bonds. The van der Waals surface area contributed by atoms with E-state index in [2.05, 4.69) is 40.9 Å². The summed E-state index contributed by atoms with van der Waals surface area (Å²) in [5.41, 5.74) is 1.24. The van der Waals surface area contributed by atoms with Crippen molar-refractivity contribution in [1.82, 2.24) is 10.2 Å². The van der Waals surface area contributed by atoms with Crippen LogP contribution in [0.2, 0.25) is 0 Å². The first kappa shape index (κ1) is 15.5. The standard InChI is InChI=1S/C16H26N2OS/c1-3-5-7-10-18-15(13-9-11-20-12-13)17-14(16(18)19)8-6-4-2/h9,11-12,14-15,17H,3-8,10H2,1-2H3. The van der Waals surface area contributed by atoms with Gasteiger partial charge in [0.25, 0.3) is 0 Å². The van der Waals surface area contributed by atoms with Gasteiger partial charge in [0, 0.05) is 6.54 Å². The third-order valence-electron chi connectivity index (χ3n) is 3.96. The Morgan fingerprint density at radius 3 is 2.70 bits per heavy atom. The molecule has 0 radical (unpaired) electrons. The Morgan fingerprint density at radius 2 is 2.05 bits per heavy atom. The van der Waals surface area contributed by atoms with Crippen LogP contribution in [0.1, 0.15) is 64.1 Å². The molecule has 1 aliphatic heterocycles. The van der Waals surface area contributed by atoms with Crippen molar-refractivity contribution in [3.05, 3.63) is 22.4 Å². The number of unbranched alkanes of at least 4 members (excludes halogenated alkanes) is 3. The summed E-state index contributed by atoms with van der Waals surface area (Å²) in [6.45, 7) is 5.25. The number of rotatable bonds is 8. The van der Waals surface area contributed by atoms with E-state index >= 15 is 0 Å². The lowest BCUT2D eigenvalue weighted by atomic mass is 10.1. The summed E-state index contributed by atoms with van der Waals surface area (Å²) in [4.78, 5) is 14.6. The fourth-order valence-corrected chi connectivity index (χ4v) is 3.45. The lowest BCUT2D eigenvalue weighted by Crippen LogP contribution is -2.31. The van der Waals surface area contributed by atoms with Crippen molar-refractivity contribution in [2.45, 2.75) is 64.6 Å². The van der Waals surface area contributed by atoms with Crippen LogP contribution in [-0.4, -0.2) is 23.4 Å². The van der Waals surface area contributed by atoms with Crippen molar-refractivity contribution in [3.8, 4) is 0 Å². The summed E-state index contributed by atoms with van der Waals surface area (Å²) in [5.74, 6) is 0.297. The molecule has 0 bridgehead atoms. The molecular formula is C16H26N2OS. The number of hydrogen-bond donors (Lipinski definition) is 1. The van der Waals surface area contributed by atoms with Crippen LogP contribution in [0.15, 0.2) is 16.8 Å². The van der Waals surface area contributed by atoms with Gasteiger partial charge in [-0.3, -0.25) is 10.1 Å². The summed E-state index contributed by atoms with van der Waals surface area (Å²) in [6, 6.07) is 2.14. The zero-order chi connectivity index (χ0) is 14.4. The zero-order valence-electron chi connectivity index (χ0n) is 12.6. The second kappa shape index (κ2) is 7.79. The maximum atomic E-state index is 12.6. The van der Waals surface area contributed by atoms with Crippen LogP contribution >= 0.6 is 11.3 Å². The first-order chi connectivity index (χ1) is 9.77. The summed E-state index contributed by atoms with van der Waals surface area (Å²) in [7, 11) is 0. The summed E-state index contributed by atoms with van der Waals surface area (Å²) < 4.78 is 0. The van der Waals surface area contributed by atoms with Gasteiger partial charge in [-0.2, -0.15) is 11.3 Å². The SMILES string of the molecule is CCCCCN1C(=O)C(CCCC)NC1c1ccsc1. The number of carbonyl (C=O) groups is 1. The van der Waals surface area contributed by atoms with E-state index in [9.17, 15) is 4.79 Å². The molecule has 2 heterocycles. The largest absolute Gasteiger partial charge is 0.322 e. The monoisotopic (exact) mass is 294 g/mol. The molecule has 1 aliphatic rings. The molecule has 0 spiro atoms. The maximum Gasteiger partial charge on any atom is 0.241 e. The predicted octanol–water partition coefficient (Wildman–Crippen LogP) is 3.93. The smallest absolute Gasteiger partial charge is 0.241 e. The minimum atomic E-state index is 0.0153. The van der Waals surface area contributed by atoms with Gasteiger partial charge in [-0.15, -0.1) is 0 Å². The summed E-state index contributed by atoms with van der Waals surface area (Å²) in [6.07, 6.45) is 6.79. The molecule has 2 atom stereocenters. The van der Waals surface area contributed by atoms with E-state index in [1.165, 1.54) is 18.4 Å². The Bertz CT molecular complexity index is 405. The highest BCUT2D eigenvalue weighted by Crippen LogP contribution is 2.28. The number of thiophene rings is 1. The van der Waals surface area contributed by atoms with E-state index in [4.69, 9.17) is 0 Å². The lowest BCUT2D eigenvalue weighted by Gasteiger charge is -2.23. The number of amides is 1. The molecule has 0 saturated carbocycles. The van der Waals surface area contributed by atoms with Crippen molar-refractivity contribution < 1.29 is 4.79 Å². The van der Waals surface area contributed by atoms with E-state index in [1.54, 1.807) is 11.3 Å². The number of nitrogens with zero attached hydrogens (tertiary/aromatic N) is 1. The third-order valence-corrected chi connectivity index (χ3v) is 4.66. The molecule has 1 aromatic rings. The van der Waals surface area contributed by atoms with Crippen molar-refractivity contribution in [1.29, 1.82) is 0 Å². The lowest BCUT2D eigenvalue weighted by molar-refractivity contribution is -0.130. The third kappa shape index (κ3) is 3.61. The molecule has 1 N–H and O–H groups in total. The predicted molar refractivity (Wildman–Crippen MR) is 84.7 cm³/mol. The molecule has 0 aromatic carbocycles. The minimum absolute atomic E-state index is 0.0153. The zero-order valence-corrected chi connectivity index (χ0v) is 13.4. The van der Waals surface area contributed by atoms with Crippen LogP contribution in [0.4, 0.5) is 0 Å². The van der Waals surface area contributed by atoms with E-state index in [1.807, 2.05) is 0 Å². The number of nitrogens with one attached hydrogen (secondary N) is 1. The van der Waals surface area contributed by atoms with Gasteiger partial charge in [-0.1, -0.05) is 39.5 Å². The molecule has 2 unspecified atom stereocenters. The Morgan fingerprint density at radius 1 is 1.25 bits per heavy atom. The fourth-order valence-electron chi connectivity index (χ4n) is 2.77. The quantitative estimate of drug-likeness (QED) is 0.737. The van der Waals surface area contributed by atoms with Gasteiger partial charge in [-0.25, -0.2) is 0 Å². The van der Waals surface area contributed by atoms with Crippen LogP contribution in [-0.2, 0) is 4.79 Å². The Balaban J connectivity index is 2.04. The molecule has 4 heteroatoms. The maximum absolute atomic E-state index is 12.6. The highest BCUT2D eigenvalue weighted by molar-refractivity contribution is 7.07. The van der Waals surface area contributed by atoms with Crippen molar-refractivity contribution in [2.24, 2.45) is 0 Å². The van der Waals surface area contributed by atoms with Gasteiger partial charge < -0.3 is 4.90 Å². The van der Waals surface area contributed by atoms with Crippen LogP contribution < -0.4 is 5.32 Å².